The summed E-state index contributed by atoms with van der Waals surface area (Å²) in [6.07, 6.45) is 5.81. The van der Waals surface area contributed by atoms with Gasteiger partial charge in [-0.15, -0.1) is 0 Å². The molecule has 11 heteroatoms. The highest BCUT2D eigenvalue weighted by Gasteiger charge is 2.33. The summed E-state index contributed by atoms with van der Waals surface area (Å²) in [6.45, 7) is 9.45. The summed E-state index contributed by atoms with van der Waals surface area (Å²) in [6, 6.07) is 15.2. The Morgan fingerprint density at radius 3 is 2.65 bits per heavy atom. The van der Waals surface area contributed by atoms with E-state index in [1.54, 1.807) is 11.1 Å². The number of H-pyrrole nitrogens is 1. The molecule has 2 unspecified atom stereocenters. The van der Waals surface area contributed by atoms with Gasteiger partial charge in [-0.2, -0.15) is 5.10 Å². The van der Waals surface area contributed by atoms with E-state index < -0.39 is 5.60 Å². The Balaban J connectivity index is 1.33. The molecule has 0 saturated heterocycles. The third kappa shape index (κ3) is 7.50. The van der Waals surface area contributed by atoms with Crippen LogP contribution in [0.5, 0.6) is 0 Å². The van der Waals surface area contributed by atoms with Crippen molar-refractivity contribution < 1.29 is 14.3 Å². The van der Waals surface area contributed by atoms with E-state index in [0.29, 0.717) is 41.0 Å². The zero-order chi connectivity index (χ0) is 30.6. The number of hydrogen-bond donors (Lipinski definition) is 3. The van der Waals surface area contributed by atoms with E-state index in [4.69, 9.17) is 21.3 Å². The van der Waals surface area contributed by atoms with Gasteiger partial charge in [-0.25, -0.2) is 14.8 Å². The Morgan fingerprint density at radius 1 is 1.14 bits per heavy atom. The molecule has 2 aromatic heterocycles. The summed E-state index contributed by atoms with van der Waals surface area (Å²) in [4.78, 5) is 36.1. The number of fused-ring (bicyclic) bond motifs is 1. The predicted octanol–water partition coefficient (Wildman–Crippen LogP) is 6.96. The molecule has 10 nitrogen and oxygen atoms in total. The second kappa shape index (κ2) is 12.8. The van der Waals surface area contributed by atoms with Gasteiger partial charge in [0.05, 0.1) is 16.7 Å². The van der Waals surface area contributed by atoms with Crippen molar-refractivity contribution in [3.63, 3.8) is 0 Å². The van der Waals surface area contributed by atoms with Crippen LogP contribution in [0.4, 0.5) is 16.4 Å². The maximum Gasteiger partial charge on any atom is 0.410 e. The number of aromatic nitrogens is 4. The molecule has 0 bridgehead atoms. The SMILES string of the molecule is C=CC(=O)Nc1ccc(CN(C(=O)OC(C)(C)C)C2CCCC(Nc3ncc(Cl)c(-c4n[nH]c5ccccc45)n3)C2)cc1. The van der Waals surface area contributed by atoms with Crippen LogP contribution in [0.1, 0.15) is 52.0 Å². The van der Waals surface area contributed by atoms with Gasteiger partial charge in [0.25, 0.3) is 0 Å². The van der Waals surface area contributed by atoms with Crippen molar-refractivity contribution in [2.45, 2.75) is 70.7 Å². The molecule has 0 spiro atoms. The largest absolute Gasteiger partial charge is 0.444 e. The summed E-state index contributed by atoms with van der Waals surface area (Å²) in [5.41, 5.74) is 3.06. The molecule has 2 heterocycles. The monoisotopic (exact) mass is 601 g/mol. The first-order valence-electron chi connectivity index (χ1n) is 14.3. The Bertz CT molecular complexity index is 1610. The van der Waals surface area contributed by atoms with Crippen molar-refractivity contribution in [2.24, 2.45) is 0 Å². The van der Waals surface area contributed by atoms with Crippen LogP contribution < -0.4 is 10.6 Å². The van der Waals surface area contributed by atoms with Crippen molar-refractivity contribution in [3.8, 4) is 11.4 Å². The number of halogens is 1. The fraction of sp³-hybridized carbons (Fsp3) is 0.344. The first-order chi connectivity index (χ1) is 20.6. The molecule has 224 valence electrons. The fourth-order valence-corrected chi connectivity index (χ4v) is 5.43. The van der Waals surface area contributed by atoms with Gasteiger partial charge in [0, 0.05) is 29.7 Å². The number of carbonyl (C=O) groups excluding carboxylic acids is 2. The van der Waals surface area contributed by atoms with Gasteiger partial charge in [-0.3, -0.25) is 9.89 Å². The Kier molecular flexibility index (Phi) is 8.96. The number of amides is 2. The number of hydrogen-bond acceptors (Lipinski definition) is 7. The summed E-state index contributed by atoms with van der Waals surface area (Å²) in [7, 11) is 0. The Labute approximate surface area is 255 Å². The minimum atomic E-state index is -0.634. The highest BCUT2D eigenvalue weighted by molar-refractivity contribution is 6.33. The van der Waals surface area contributed by atoms with E-state index in [2.05, 4.69) is 32.4 Å². The number of carbonyl (C=O) groups is 2. The van der Waals surface area contributed by atoms with Crippen LogP contribution in [0.2, 0.25) is 5.02 Å². The molecule has 43 heavy (non-hydrogen) atoms. The smallest absolute Gasteiger partial charge is 0.410 e. The van der Waals surface area contributed by atoms with E-state index in [9.17, 15) is 9.59 Å². The highest BCUT2D eigenvalue weighted by Crippen LogP contribution is 2.32. The molecule has 2 atom stereocenters. The molecule has 0 radical (unpaired) electrons. The molecule has 2 aromatic carbocycles. The number of aromatic amines is 1. The molecule has 1 saturated carbocycles. The molecule has 1 fully saturated rings. The van der Waals surface area contributed by atoms with Crippen LogP contribution in [0, 0.1) is 0 Å². The number of rotatable bonds is 8. The van der Waals surface area contributed by atoms with Gasteiger partial charge in [-0.1, -0.05) is 48.5 Å². The lowest BCUT2D eigenvalue weighted by Crippen LogP contribution is -2.46. The van der Waals surface area contributed by atoms with Crippen molar-refractivity contribution >= 4 is 46.1 Å². The van der Waals surface area contributed by atoms with Gasteiger partial charge in [0.1, 0.15) is 17.0 Å². The molecule has 1 aliphatic carbocycles. The van der Waals surface area contributed by atoms with Crippen molar-refractivity contribution in [2.75, 3.05) is 10.6 Å². The molecule has 3 N–H and O–H groups in total. The topological polar surface area (TPSA) is 125 Å². The number of ether oxygens (including phenoxy) is 1. The standard InChI is InChI=1S/C32H36ClN7O3/c1-5-27(41)35-21-15-13-20(14-16-21)19-40(31(42)43-32(2,3)4)23-10-8-9-22(17-23)36-30-34-18-25(33)29(37-30)28-24-11-6-7-12-26(24)38-39-28/h5-7,11-16,18,22-23H,1,8-10,17,19H2,2-4H3,(H,35,41)(H,38,39)(H,34,36,37). The lowest BCUT2D eigenvalue weighted by atomic mass is 9.90. The Morgan fingerprint density at radius 2 is 1.91 bits per heavy atom. The summed E-state index contributed by atoms with van der Waals surface area (Å²) < 4.78 is 5.82. The number of benzene rings is 2. The molecule has 5 rings (SSSR count). The van der Waals surface area contributed by atoms with E-state index in [1.165, 1.54) is 6.08 Å². The second-order valence-corrected chi connectivity index (χ2v) is 12.1. The van der Waals surface area contributed by atoms with Gasteiger partial charge in [0.2, 0.25) is 11.9 Å². The summed E-state index contributed by atoms with van der Waals surface area (Å²) in [5, 5.41) is 15.0. The Hall–Kier alpha value is -4.44. The summed E-state index contributed by atoms with van der Waals surface area (Å²) in [5.74, 6) is 0.177. The lowest BCUT2D eigenvalue weighted by Gasteiger charge is -2.38. The third-order valence-corrected chi connectivity index (χ3v) is 7.52. The molecule has 0 aliphatic heterocycles. The maximum atomic E-state index is 13.5. The van der Waals surface area contributed by atoms with Crippen LogP contribution in [-0.2, 0) is 16.1 Å². The lowest BCUT2D eigenvalue weighted by molar-refractivity contribution is -0.111. The van der Waals surface area contributed by atoms with Crippen LogP contribution in [0.15, 0.2) is 67.4 Å². The number of nitrogens with zero attached hydrogens (tertiary/aromatic N) is 4. The molecular formula is C32H36ClN7O3. The zero-order valence-corrected chi connectivity index (χ0v) is 25.3. The average molecular weight is 602 g/mol. The van der Waals surface area contributed by atoms with Crippen LogP contribution in [0.3, 0.4) is 0 Å². The molecule has 4 aromatic rings. The number of para-hydroxylation sites is 1. The second-order valence-electron chi connectivity index (χ2n) is 11.7. The summed E-state index contributed by atoms with van der Waals surface area (Å²) >= 11 is 6.51. The third-order valence-electron chi connectivity index (χ3n) is 7.25. The van der Waals surface area contributed by atoms with Gasteiger partial charge in [-0.05, 0) is 76.3 Å². The van der Waals surface area contributed by atoms with Crippen LogP contribution in [-0.4, -0.2) is 54.8 Å². The van der Waals surface area contributed by atoms with E-state index >= 15 is 0 Å². The maximum absolute atomic E-state index is 13.5. The normalized spacial score (nSPS) is 16.8. The van der Waals surface area contributed by atoms with Gasteiger partial charge < -0.3 is 20.3 Å². The quantitative estimate of drug-likeness (QED) is 0.186. The van der Waals surface area contributed by atoms with Gasteiger partial charge in [0.15, 0.2) is 0 Å². The van der Waals surface area contributed by atoms with Crippen molar-refractivity contribution in [1.82, 2.24) is 25.1 Å². The van der Waals surface area contributed by atoms with Crippen molar-refractivity contribution in [1.29, 1.82) is 0 Å². The first kappa shape index (κ1) is 30.0. The molecule has 1 aliphatic rings. The number of nitrogens with one attached hydrogen (secondary N) is 3. The minimum absolute atomic E-state index is 0.0325. The molecule has 2 amide bonds. The predicted molar refractivity (Wildman–Crippen MR) is 169 cm³/mol. The van der Waals surface area contributed by atoms with Crippen LogP contribution >= 0.6 is 11.6 Å². The van der Waals surface area contributed by atoms with Crippen molar-refractivity contribution in [3.05, 3.63) is 78.0 Å². The minimum Gasteiger partial charge on any atom is -0.444 e. The van der Waals surface area contributed by atoms with E-state index in [-0.39, 0.29) is 24.1 Å². The van der Waals surface area contributed by atoms with E-state index in [1.807, 2.05) is 69.3 Å². The van der Waals surface area contributed by atoms with E-state index in [0.717, 1.165) is 35.7 Å². The molecular weight excluding hydrogens is 566 g/mol. The average Bonchev–Trinajstić information content (AvgIpc) is 3.41. The highest BCUT2D eigenvalue weighted by atomic mass is 35.5. The van der Waals surface area contributed by atoms with Gasteiger partial charge >= 0.3 is 6.09 Å². The fourth-order valence-electron chi connectivity index (χ4n) is 5.25. The zero-order valence-electron chi connectivity index (χ0n) is 24.6. The number of anilines is 2. The first-order valence-corrected chi connectivity index (χ1v) is 14.7. The van der Waals surface area contributed by atoms with Crippen LogP contribution in [0.25, 0.3) is 22.3 Å².